The molecule has 0 aliphatic rings. The summed E-state index contributed by atoms with van der Waals surface area (Å²) in [5.74, 6) is 0.442. The Kier molecular flexibility index (Phi) is 2.86. The van der Waals surface area contributed by atoms with E-state index in [1.165, 1.54) is 10.8 Å². The number of anilines is 1. The molecular weight excluding hydrogens is 242 g/mol. The maximum Gasteiger partial charge on any atom is 0.146 e. The second-order valence-electron chi connectivity index (χ2n) is 3.91. The van der Waals surface area contributed by atoms with Crippen molar-refractivity contribution in [1.82, 2.24) is 10.2 Å². The summed E-state index contributed by atoms with van der Waals surface area (Å²) in [6.07, 6.45) is 0. The van der Waals surface area contributed by atoms with Crippen molar-refractivity contribution in [3.05, 3.63) is 54.6 Å². The Morgan fingerprint density at radius 3 is 2.44 bits per heavy atom. The van der Waals surface area contributed by atoms with E-state index in [1.54, 1.807) is 17.8 Å². The van der Waals surface area contributed by atoms with Crippen LogP contribution >= 0.6 is 11.8 Å². The van der Waals surface area contributed by atoms with Crippen LogP contribution in [-0.2, 0) is 0 Å². The first-order valence-electron chi connectivity index (χ1n) is 5.57. The van der Waals surface area contributed by atoms with Gasteiger partial charge >= 0.3 is 0 Å². The molecule has 1 heterocycles. The number of hydrogen-bond acceptors (Lipinski definition) is 4. The van der Waals surface area contributed by atoms with Crippen LogP contribution in [0.1, 0.15) is 0 Å². The minimum absolute atomic E-state index is 0.442. The number of rotatable bonds is 2. The first kappa shape index (κ1) is 11.0. The summed E-state index contributed by atoms with van der Waals surface area (Å²) >= 11 is 1.58. The van der Waals surface area contributed by atoms with E-state index in [4.69, 9.17) is 5.73 Å². The van der Waals surface area contributed by atoms with Gasteiger partial charge in [-0.25, -0.2) is 0 Å². The van der Waals surface area contributed by atoms with Crippen molar-refractivity contribution in [3.63, 3.8) is 0 Å². The molecule has 3 rings (SSSR count). The van der Waals surface area contributed by atoms with E-state index in [1.807, 2.05) is 18.2 Å². The largest absolute Gasteiger partial charge is 0.382 e. The SMILES string of the molecule is Nc1ccc(Sc2ccc3ccccc3c2)nn1. The van der Waals surface area contributed by atoms with Crippen LogP contribution < -0.4 is 5.73 Å². The van der Waals surface area contributed by atoms with E-state index in [0.29, 0.717) is 5.82 Å². The fourth-order valence-corrected chi connectivity index (χ4v) is 2.52. The van der Waals surface area contributed by atoms with Crippen molar-refractivity contribution in [3.8, 4) is 0 Å². The molecule has 0 radical (unpaired) electrons. The van der Waals surface area contributed by atoms with Crippen LogP contribution in [0.25, 0.3) is 10.8 Å². The lowest BCUT2D eigenvalue weighted by molar-refractivity contribution is 0.939. The Balaban J connectivity index is 1.92. The van der Waals surface area contributed by atoms with E-state index in [-0.39, 0.29) is 0 Å². The number of fused-ring (bicyclic) bond motifs is 1. The molecule has 0 spiro atoms. The van der Waals surface area contributed by atoms with Gasteiger partial charge in [0.1, 0.15) is 10.8 Å². The standard InChI is InChI=1S/C14H11N3S/c15-13-7-8-14(17-16-13)18-12-6-5-10-3-1-2-4-11(10)9-12/h1-9H,(H2,15,16). The zero-order chi connectivity index (χ0) is 12.4. The summed E-state index contributed by atoms with van der Waals surface area (Å²) in [6.45, 7) is 0. The molecule has 0 bridgehead atoms. The molecular formula is C14H11N3S. The quantitative estimate of drug-likeness (QED) is 0.760. The highest BCUT2D eigenvalue weighted by Crippen LogP contribution is 2.28. The van der Waals surface area contributed by atoms with E-state index in [2.05, 4.69) is 40.5 Å². The summed E-state index contributed by atoms with van der Waals surface area (Å²) in [5.41, 5.74) is 5.51. The summed E-state index contributed by atoms with van der Waals surface area (Å²) in [4.78, 5) is 1.15. The van der Waals surface area contributed by atoms with Crippen molar-refractivity contribution in [2.75, 3.05) is 5.73 Å². The molecule has 2 N–H and O–H groups in total. The molecule has 4 heteroatoms. The fraction of sp³-hybridized carbons (Fsp3) is 0. The number of hydrogen-bond donors (Lipinski definition) is 1. The van der Waals surface area contributed by atoms with Crippen molar-refractivity contribution in [2.45, 2.75) is 9.92 Å². The second-order valence-corrected chi connectivity index (χ2v) is 5.00. The van der Waals surface area contributed by atoms with Crippen LogP contribution in [0.2, 0.25) is 0 Å². The minimum atomic E-state index is 0.442. The zero-order valence-corrected chi connectivity index (χ0v) is 10.4. The summed E-state index contributed by atoms with van der Waals surface area (Å²) in [7, 11) is 0. The highest BCUT2D eigenvalue weighted by Gasteiger charge is 2.01. The second kappa shape index (κ2) is 4.66. The summed E-state index contributed by atoms with van der Waals surface area (Å²) < 4.78 is 0. The first-order chi connectivity index (χ1) is 8.81. The Bertz CT molecular complexity index is 680. The smallest absolute Gasteiger partial charge is 0.146 e. The van der Waals surface area contributed by atoms with E-state index >= 15 is 0 Å². The van der Waals surface area contributed by atoms with Gasteiger partial charge in [-0.1, -0.05) is 42.1 Å². The lowest BCUT2D eigenvalue weighted by Crippen LogP contribution is -1.92. The predicted octanol–water partition coefficient (Wildman–Crippen LogP) is 3.36. The van der Waals surface area contributed by atoms with Crippen molar-refractivity contribution in [1.29, 1.82) is 0 Å². The van der Waals surface area contributed by atoms with Crippen molar-refractivity contribution >= 4 is 28.4 Å². The molecule has 3 aromatic rings. The van der Waals surface area contributed by atoms with Gasteiger partial charge in [0.15, 0.2) is 0 Å². The molecule has 0 aliphatic heterocycles. The number of nitrogens with two attached hydrogens (primary N) is 1. The highest BCUT2D eigenvalue weighted by molar-refractivity contribution is 7.99. The van der Waals surface area contributed by atoms with Crippen LogP contribution in [0, 0.1) is 0 Å². The minimum Gasteiger partial charge on any atom is -0.382 e. The topological polar surface area (TPSA) is 51.8 Å². The van der Waals surface area contributed by atoms with Crippen molar-refractivity contribution < 1.29 is 0 Å². The van der Waals surface area contributed by atoms with Gasteiger partial charge in [-0.15, -0.1) is 10.2 Å². The van der Waals surface area contributed by atoms with Crippen molar-refractivity contribution in [2.24, 2.45) is 0 Å². The molecule has 0 amide bonds. The highest BCUT2D eigenvalue weighted by atomic mass is 32.2. The monoisotopic (exact) mass is 253 g/mol. The average molecular weight is 253 g/mol. The van der Waals surface area contributed by atoms with Gasteiger partial charge in [0, 0.05) is 4.90 Å². The Hall–Kier alpha value is -2.07. The molecule has 2 aromatic carbocycles. The molecule has 0 fully saturated rings. The third-order valence-electron chi connectivity index (χ3n) is 2.60. The fourth-order valence-electron chi connectivity index (χ4n) is 1.74. The molecule has 0 saturated carbocycles. The molecule has 3 nitrogen and oxygen atoms in total. The molecule has 18 heavy (non-hydrogen) atoms. The van der Waals surface area contributed by atoms with Crippen LogP contribution in [0.15, 0.2) is 64.5 Å². The van der Waals surface area contributed by atoms with Crippen LogP contribution in [-0.4, -0.2) is 10.2 Å². The molecule has 88 valence electrons. The lowest BCUT2D eigenvalue weighted by Gasteiger charge is -2.02. The lowest BCUT2D eigenvalue weighted by atomic mass is 10.1. The molecule has 0 unspecified atom stereocenters. The Morgan fingerprint density at radius 2 is 1.67 bits per heavy atom. The number of aromatic nitrogens is 2. The summed E-state index contributed by atoms with van der Waals surface area (Å²) in [6, 6.07) is 18.3. The van der Waals surface area contributed by atoms with Crippen LogP contribution in [0.4, 0.5) is 5.82 Å². The first-order valence-corrected chi connectivity index (χ1v) is 6.39. The molecule has 1 aromatic heterocycles. The predicted molar refractivity (Wildman–Crippen MR) is 74.5 cm³/mol. The molecule has 0 atom stereocenters. The number of benzene rings is 2. The number of nitrogen functional groups attached to an aromatic ring is 1. The van der Waals surface area contributed by atoms with Gasteiger partial charge in [0.25, 0.3) is 0 Å². The van der Waals surface area contributed by atoms with Gasteiger partial charge in [-0.3, -0.25) is 0 Å². The van der Waals surface area contributed by atoms with Crippen LogP contribution in [0.3, 0.4) is 0 Å². The van der Waals surface area contributed by atoms with Gasteiger partial charge in [-0.2, -0.15) is 0 Å². The van der Waals surface area contributed by atoms with E-state index in [0.717, 1.165) is 9.92 Å². The van der Waals surface area contributed by atoms with Gasteiger partial charge in [0.05, 0.1) is 0 Å². The Morgan fingerprint density at radius 1 is 0.833 bits per heavy atom. The Labute approximate surface area is 109 Å². The van der Waals surface area contributed by atoms with E-state index < -0.39 is 0 Å². The molecule has 0 aliphatic carbocycles. The third kappa shape index (κ3) is 2.28. The normalized spacial score (nSPS) is 10.7. The zero-order valence-electron chi connectivity index (χ0n) is 9.58. The van der Waals surface area contributed by atoms with E-state index in [9.17, 15) is 0 Å². The van der Waals surface area contributed by atoms with Gasteiger partial charge in [0.2, 0.25) is 0 Å². The molecule has 0 saturated heterocycles. The van der Waals surface area contributed by atoms with Gasteiger partial charge in [-0.05, 0) is 35.0 Å². The summed E-state index contributed by atoms with van der Waals surface area (Å²) in [5, 5.41) is 11.2. The number of nitrogens with zero attached hydrogens (tertiary/aromatic N) is 2. The van der Waals surface area contributed by atoms with Crippen LogP contribution in [0.5, 0.6) is 0 Å². The maximum atomic E-state index is 5.51. The van der Waals surface area contributed by atoms with Gasteiger partial charge < -0.3 is 5.73 Å². The third-order valence-corrected chi connectivity index (χ3v) is 3.52. The maximum absolute atomic E-state index is 5.51. The average Bonchev–Trinajstić information content (AvgIpc) is 2.41.